The molecule has 1 aromatic carbocycles. The number of hydrogen-bond donors (Lipinski definition) is 0. The van der Waals surface area contributed by atoms with E-state index in [9.17, 15) is 13.2 Å². The summed E-state index contributed by atoms with van der Waals surface area (Å²) in [6.07, 6.45) is 0.508. The largest absolute Gasteiger partial charge is 0.497 e. The molecular weight excluding hydrogens is 252 g/mol. The fraction of sp³-hybridized carbons (Fsp3) is 0.462. The van der Waals surface area contributed by atoms with Gasteiger partial charge in [-0.25, -0.2) is 8.42 Å². The summed E-state index contributed by atoms with van der Waals surface area (Å²) < 4.78 is 28.7. The lowest BCUT2D eigenvalue weighted by Crippen LogP contribution is -2.25. The lowest BCUT2D eigenvalue weighted by atomic mass is 10.1. The summed E-state index contributed by atoms with van der Waals surface area (Å²) in [5.74, 6) is -0.300. The van der Waals surface area contributed by atoms with Crippen LogP contribution in [0.3, 0.4) is 0 Å². The van der Waals surface area contributed by atoms with Crippen molar-refractivity contribution in [2.24, 2.45) is 0 Å². The molecule has 0 bridgehead atoms. The van der Waals surface area contributed by atoms with Crippen LogP contribution in [0.2, 0.25) is 0 Å². The molecule has 1 rings (SSSR count). The number of ether oxygens (including phenoxy) is 1. The average molecular weight is 270 g/mol. The van der Waals surface area contributed by atoms with Gasteiger partial charge in [-0.05, 0) is 25.5 Å². The van der Waals surface area contributed by atoms with Gasteiger partial charge >= 0.3 is 0 Å². The predicted octanol–water partition coefficient (Wildman–Crippen LogP) is 2.09. The SMILES string of the molecule is CCC(C)S(=O)(=O)CC(=O)c1cccc(OC)c1. The van der Waals surface area contributed by atoms with E-state index in [2.05, 4.69) is 0 Å². The zero-order chi connectivity index (χ0) is 13.8. The Morgan fingerprint density at radius 1 is 1.39 bits per heavy atom. The highest BCUT2D eigenvalue weighted by molar-refractivity contribution is 7.92. The molecule has 0 aliphatic rings. The smallest absolute Gasteiger partial charge is 0.178 e. The summed E-state index contributed by atoms with van der Waals surface area (Å²) in [6.45, 7) is 3.41. The van der Waals surface area contributed by atoms with Crippen molar-refractivity contribution in [1.82, 2.24) is 0 Å². The first-order valence-corrected chi connectivity index (χ1v) is 7.51. The van der Waals surface area contributed by atoms with Crippen molar-refractivity contribution >= 4 is 15.6 Å². The van der Waals surface area contributed by atoms with Gasteiger partial charge in [0.25, 0.3) is 0 Å². The van der Waals surface area contributed by atoms with Crippen LogP contribution in [0.1, 0.15) is 30.6 Å². The van der Waals surface area contributed by atoms with Crippen LogP contribution < -0.4 is 4.74 Å². The molecule has 0 radical (unpaired) electrons. The molecule has 0 saturated heterocycles. The maximum absolute atomic E-state index is 11.9. The fourth-order valence-electron chi connectivity index (χ4n) is 1.46. The number of Topliss-reactive ketones (excluding diaryl/α,β-unsaturated/α-hetero) is 1. The van der Waals surface area contributed by atoms with Crippen LogP contribution in [-0.4, -0.2) is 32.3 Å². The molecule has 0 spiro atoms. The minimum atomic E-state index is -3.37. The van der Waals surface area contributed by atoms with E-state index in [4.69, 9.17) is 4.74 Å². The molecule has 0 amide bonds. The summed E-state index contributed by atoms with van der Waals surface area (Å²) in [7, 11) is -1.87. The molecule has 0 aliphatic carbocycles. The van der Waals surface area contributed by atoms with E-state index >= 15 is 0 Å². The number of benzene rings is 1. The third-order valence-corrected chi connectivity index (χ3v) is 5.14. The van der Waals surface area contributed by atoms with Gasteiger partial charge < -0.3 is 4.74 Å². The van der Waals surface area contributed by atoms with E-state index < -0.39 is 26.6 Å². The Labute approximate surface area is 108 Å². The Hall–Kier alpha value is -1.36. The van der Waals surface area contributed by atoms with E-state index in [1.54, 1.807) is 38.1 Å². The summed E-state index contributed by atoms with van der Waals surface area (Å²) in [4.78, 5) is 11.9. The average Bonchev–Trinajstić information content (AvgIpc) is 2.37. The number of carbonyl (C=O) groups excluding carboxylic acids is 1. The quantitative estimate of drug-likeness (QED) is 0.743. The number of carbonyl (C=O) groups is 1. The van der Waals surface area contributed by atoms with Crippen molar-refractivity contribution in [2.45, 2.75) is 25.5 Å². The second-order valence-electron chi connectivity index (χ2n) is 4.18. The Bertz CT molecular complexity index is 520. The minimum Gasteiger partial charge on any atom is -0.497 e. The van der Waals surface area contributed by atoms with Crippen LogP contribution in [0.5, 0.6) is 5.75 Å². The Morgan fingerprint density at radius 3 is 2.61 bits per heavy atom. The molecule has 0 aliphatic heterocycles. The van der Waals surface area contributed by atoms with Crippen molar-refractivity contribution < 1.29 is 17.9 Å². The molecule has 4 nitrogen and oxygen atoms in total. The van der Waals surface area contributed by atoms with Crippen LogP contribution in [0.4, 0.5) is 0 Å². The van der Waals surface area contributed by atoms with Gasteiger partial charge in [0.1, 0.15) is 11.5 Å². The van der Waals surface area contributed by atoms with Crippen molar-refractivity contribution in [3.05, 3.63) is 29.8 Å². The highest BCUT2D eigenvalue weighted by Gasteiger charge is 2.23. The molecule has 5 heteroatoms. The number of methoxy groups -OCH3 is 1. The second-order valence-corrected chi connectivity index (χ2v) is 6.60. The third kappa shape index (κ3) is 3.57. The van der Waals surface area contributed by atoms with Crippen molar-refractivity contribution in [3.8, 4) is 5.75 Å². The number of hydrogen-bond acceptors (Lipinski definition) is 4. The Kier molecular flexibility index (Phi) is 4.90. The maximum atomic E-state index is 11.9. The van der Waals surface area contributed by atoms with Crippen molar-refractivity contribution in [1.29, 1.82) is 0 Å². The van der Waals surface area contributed by atoms with Gasteiger partial charge in [-0.1, -0.05) is 19.1 Å². The molecule has 0 N–H and O–H groups in total. The van der Waals surface area contributed by atoms with Crippen LogP contribution in [-0.2, 0) is 9.84 Å². The van der Waals surface area contributed by atoms with Gasteiger partial charge in [0.15, 0.2) is 15.6 Å². The lowest BCUT2D eigenvalue weighted by molar-refractivity contribution is 0.102. The molecule has 1 aromatic rings. The zero-order valence-electron chi connectivity index (χ0n) is 10.8. The van der Waals surface area contributed by atoms with Gasteiger partial charge in [-0.2, -0.15) is 0 Å². The number of rotatable bonds is 6. The van der Waals surface area contributed by atoms with E-state index in [1.165, 1.54) is 7.11 Å². The number of ketones is 1. The first kappa shape index (κ1) is 14.7. The molecule has 0 saturated carbocycles. The first-order valence-electron chi connectivity index (χ1n) is 5.79. The summed E-state index contributed by atoms with van der Waals surface area (Å²) >= 11 is 0. The molecule has 0 aromatic heterocycles. The topological polar surface area (TPSA) is 60.4 Å². The molecule has 0 heterocycles. The molecule has 1 atom stereocenters. The van der Waals surface area contributed by atoms with Crippen molar-refractivity contribution in [3.63, 3.8) is 0 Å². The van der Waals surface area contributed by atoms with Gasteiger partial charge in [-0.3, -0.25) is 4.79 Å². The molecule has 100 valence electrons. The van der Waals surface area contributed by atoms with Crippen molar-refractivity contribution in [2.75, 3.05) is 12.9 Å². The van der Waals surface area contributed by atoms with E-state index in [0.717, 1.165) is 0 Å². The van der Waals surface area contributed by atoms with E-state index in [1.807, 2.05) is 0 Å². The predicted molar refractivity (Wildman–Crippen MR) is 70.9 cm³/mol. The second kappa shape index (κ2) is 6.00. The van der Waals surface area contributed by atoms with Gasteiger partial charge in [0.05, 0.1) is 12.4 Å². The zero-order valence-corrected chi connectivity index (χ0v) is 11.7. The van der Waals surface area contributed by atoms with Gasteiger partial charge in [-0.15, -0.1) is 0 Å². The molecule has 0 fully saturated rings. The third-order valence-electron chi connectivity index (χ3n) is 2.91. The minimum absolute atomic E-state index is 0.362. The molecule has 1 unspecified atom stereocenters. The monoisotopic (exact) mass is 270 g/mol. The fourth-order valence-corrected chi connectivity index (χ4v) is 2.78. The Balaban J connectivity index is 2.89. The number of sulfone groups is 1. The summed E-state index contributed by atoms with van der Waals surface area (Å²) in [6, 6.07) is 6.52. The summed E-state index contributed by atoms with van der Waals surface area (Å²) in [5.41, 5.74) is 0.362. The van der Waals surface area contributed by atoms with E-state index in [-0.39, 0.29) is 0 Å². The molecular formula is C13H18O4S. The van der Waals surface area contributed by atoms with Crippen LogP contribution in [0, 0.1) is 0 Å². The highest BCUT2D eigenvalue weighted by atomic mass is 32.2. The van der Waals surface area contributed by atoms with Gasteiger partial charge in [0, 0.05) is 5.56 Å². The highest BCUT2D eigenvalue weighted by Crippen LogP contribution is 2.15. The first-order chi connectivity index (χ1) is 8.40. The molecule has 18 heavy (non-hydrogen) atoms. The van der Waals surface area contributed by atoms with Crippen LogP contribution in [0.25, 0.3) is 0 Å². The van der Waals surface area contributed by atoms with Crippen LogP contribution in [0.15, 0.2) is 24.3 Å². The van der Waals surface area contributed by atoms with E-state index in [0.29, 0.717) is 17.7 Å². The normalized spacial score (nSPS) is 13.1. The standard InChI is InChI=1S/C13H18O4S/c1-4-10(2)18(15,16)9-13(14)11-6-5-7-12(8-11)17-3/h5-8,10H,4,9H2,1-3H3. The lowest BCUT2D eigenvalue weighted by Gasteiger charge is -2.10. The maximum Gasteiger partial charge on any atom is 0.178 e. The summed E-state index contributed by atoms with van der Waals surface area (Å²) in [5, 5.41) is -0.493. The Morgan fingerprint density at radius 2 is 2.06 bits per heavy atom. The van der Waals surface area contributed by atoms with Crippen LogP contribution >= 0.6 is 0 Å². The van der Waals surface area contributed by atoms with Gasteiger partial charge in [0.2, 0.25) is 0 Å².